The van der Waals surface area contributed by atoms with Crippen molar-refractivity contribution < 1.29 is 0 Å². The Morgan fingerprint density at radius 1 is 1.32 bits per heavy atom. The van der Waals surface area contributed by atoms with Crippen LogP contribution in [0.3, 0.4) is 0 Å². The number of aromatic nitrogens is 2. The summed E-state index contributed by atoms with van der Waals surface area (Å²) in [5.41, 5.74) is 2.45. The minimum absolute atomic E-state index is 0.624. The van der Waals surface area contributed by atoms with Crippen LogP contribution in [0, 0.1) is 12.8 Å². The van der Waals surface area contributed by atoms with E-state index in [0.29, 0.717) is 6.04 Å². The lowest BCUT2D eigenvalue weighted by Crippen LogP contribution is -2.33. The van der Waals surface area contributed by atoms with Gasteiger partial charge in [0.2, 0.25) is 0 Å². The van der Waals surface area contributed by atoms with Crippen LogP contribution in [0.5, 0.6) is 0 Å². The topological polar surface area (TPSA) is 29.9 Å². The Labute approximate surface area is 117 Å². The highest BCUT2D eigenvalue weighted by Crippen LogP contribution is 2.25. The third kappa shape index (κ3) is 4.07. The van der Waals surface area contributed by atoms with Crippen LogP contribution in [0.15, 0.2) is 6.07 Å². The molecule has 1 aromatic heterocycles. The maximum atomic E-state index is 4.51. The largest absolute Gasteiger partial charge is 0.308 e. The van der Waals surface area contributed by atoms with Crippen molar-refractivity contribution in [2.75, 3.05) is 0 Å². The van der Waals surface area contributed by atoms with Gasteiger partial charge in [-0.2, -0.15) is 5.10 Å². The summed E-state index contributed by atoms with van der Waals surface area (Å²) in [5, 5.41) is 8.23. The lowest BCUT2D eigenvalue weighted by atomic mass is 9.93. The quantitative estimate of drug-likeness (QED) is 0.822. The van der Waals surface area contributed by atoms with Crippen LogP contribution >= 0.6 is 0 Å². The first-order chi connectivity index (χ1) is 9.20. The third-order valence-corrected chi connectivity index (χ3v) is 4.50. The van der Waals surface area contributed by atoms with Crippen molar-refractivity contribution in [3.63, 3.8) is 0 Å². The van der Waals surface area contributed by atoms with Crippen molar-refractivity contribution in [1.29, 1.82) is 0 Å². The van der Waals surface area contributed by atoms with Gasteiger partial charge in [0.15, 0.2) is 0 Å². The molecule has 2 rings (SSSR count). The maximum Gasteiger partial charge on any atom is 0.0597 e. The standard InChI is InChI=1S/C16H29N3/c1-4-19-16(11-13(2)18-19)12-17-14(3)15-9-7-5-6-8-10-15/h11,14-15,17H,4-10,12H2,1-3H3/t14-/m0/s1. The van der Waals surface area contributed by atoms with Crippen LogP contribution in [0.1, 0.15) is 63.8 Å². The van der Waals surface area contributed by atoms with Gasteiger partial charge in [-0.05, 0) is 45.6 Å². The molecule has 1 saturated carbocycles. The van der Waals surface area contributed by atoms with Gasteiger partial charge in [-0.1, -0.05) is 25.7 Å². The van der Waals surface area contributed by atoms with E-state index in [4.69, 9.17) is 0 Å². The molecule has 0 spiro atoms. The van der Waals surface area contributed by atoms with Crippen molar-refractivity contribution in [1.82, 2.24) is 15.1 Å². The predicted molar refractivity (Wildman–Crippen MR) is 80.1 cm³/mol. The minimum atomic E-state index is 0.624. The zero-order valence-electron chi connectivity index (χ0n) is 12.8. The van der Waals surface area contributed by atoms with E-state index < -0.39 is 0 Å². The summed E-state index contributed by atoms with van der Waals surface area (Å²) in [6.07, 6.45) is 8.52. The summed E-state index contributed by atoms with van der Waals surface area (Å²) in [7, 11) is 0. The molecule has 1 aromatic rings. The molecule has 19 heavy (non-hydrogen) atoms. The molecule has 1 aliphatic carbocycles. The Balaban J connectivity index is 1.86. The van der Waals surface area contributed by atoms with Crippen molar-refractivity contribution in [3.05, 3.63) is 17.5 Å². The zero-order chi connectivity index (χ0) is 13.7. The van der Waals surface area contributed by atoms with Crippen molar-refractivity contribution in [2.24, 2.45) is 5.92 Å². The number of rotatable bonds is 5. The molecule has 1 fully saturated rings. The normalized spacial score (nSPS) is 19.3. The first-order valence-corrected chi connectivity index (χ1v) is 7.97. The molecule has 1 atom stereocenters. The highest BCUT2D eigenvalue weighted by Gasteiger charge is 2.18. The summed E-state index contributed by atoms with van der Waals surface area (Å²) in [5.74, 6) is 0.863. The minimum Gasteiger partial charge on any atom is -0.308 e. The van der Waals surface area contributed by atoms with Gasteiger partial charge >= 0.3 is 0 Å². The van der Waals surface area contributed by atoms with Crippen LogP contribution in [-0.2, 0) is 13.1 Å². The van der Waals surface area contributed by atoms with E-state index in [1.54, 1.807) is 0 Å². The van der Waals surface area contributed by atoms with E-state index in [0.717, 1.165) is 24.7 Å². The molecule has 0 saturated heterocycles. The number of hydrogen-bond acceptors (Lipinski definition) is 2. The van der Waals surface area contributed by atoms with Crippen molar-refractivity contribution in [3.8, 4) is 0 Å². The average molecular weight is 263 g/mol. The molecular weight excluding hydrogens is 234 g/mol. The van der Waals surface area contributed by atoms with Crippen LogP contribution in [0.4, 0.5) is 0 Å². The fourth-order valence-electron chi connectivity index (χ4n) is 3.26. The summed E-state index contributed by atoms with van der Waals surface area (Å²) in [6.45, 7) is 8.50. The first kappa shape index (κ1) is 14.6. The average Bonchev–Trinajstić information content (AvgIpc) is 2.62. The summed E-state index contributed by atoms with van der Waals surface area (Å²) >= 11 is 0. The molecule has 108 valence electrons. The van der Waals surface area contributed by atoms with Crippen LogP contribution in [0.2, 0.25) is 0 Å². The lowest BCUT2D eigenvalue weighted by Gasteiger charge is -2.23. The van der Waals surface area contributed by atoms with E-state index in [1.807, 2.05) is 0 Å². The van der Waals surface area contributed by atoms with E-state index in [-0.39, 0.29) is 0 Å². The highest BCUT2D eigenvalue weighted by atomic mass is 15.3. The van der Waals surface area contributed by atoms with Gasteiger partial charge in [-0.15, -0.1) is 0 Å². The first-order valence-electron chi connectivity index (χ1n) is 7.97. The molecule has 0 bridgehead atoms. The van der Waals surface area contributed by atoms with Gasteiger partial charge in [0, 0.05) is 19.1 Å². The highest BCUT2D eigenvalue weighted by molar-refractivity contribution is 5.08. The van der Waals surface area contributed by atoms with E-state index >= 15 is 0 Å². The van der Waals surface area contributed by atoms with Crippen LogP contribution in [0.25, 0.3) is 0 Å². The fourth-order valence-corrected chi connectivity index (χ4v) is 3.26. The monoisotopic (exact) mass is 263 g/mol. The van der Waals surface area contributed by atoms with Gasteiger partial charge in [-0.25, -0.2) is 0 Å². The van der Waals surface area contributed by atoms with Crippen molar-refractivity contribution >= 4 is 0 Å². The molecule has 0 radical (unpaired) electrons. The van der Waals surface area contributed by atoms with Gasteiger partial charge in [0.1, 0.15) is 0 Å². The third-order valence-electron chi connectivity index (χ3n) is 4.50. The molecule has 3 heteroatoms. The van der Waals surface area contributed by atoms with Crippen LogP contribution < -0.4 is 5.32 Å². The Hall–Kier alpha value is -0.830. The molecule has 1 N–H and O–H groups in total. The van der Waals surface area contributed by atoms with Crippen LogP contribution in [-0.4, -0.2) is 15.8 Å². The van der Waals surface area contributed by atoms with Gasteiger partial charge in [0.05, 0.1) is 11.4 Å². The summed E-state index contributed by atoms with van der Waals surface area (Å²) < 4.78 is 2.11. The molecule has 1 heterocycles. The SMILES string of the molecule is CCn1nc(C)cc1CN[C@@H](C)C1CCCCCC1. The Kier molecular flexibility index (Phi) is 5.44. The second-order valence-electron chi connectivity index (χ2n) is 6.01. The summed E-state index contributed by atoms with van der Waals surface area (Å²) in [4.78, 5) is 0. The number of nitrogens with one attached hydrogen (secondary N) is 1. The Bertz CT molecular complexity index is 375. The van der Waals surface area contributed by atoms with E-state index in [9.17, 15) is 0 Å². The van der Waals surface area contributed by atoms with Gasteiger partial charge < -0.3 is 5.32 Å². The van der Waals surface area contributed by atoms with Gasteiger partial charge in [0.25, 0.3) is 0 Å². The smallest absolute Gasteiger partial charge is 0.0597 e. The molecule has 0 aromatic carbocycles. The summed E-state index contributed by atoms with van der Waals surface area (Å²) in [6, 6.07) is 2.83. The maximum absolute atomic E-state index is 4.51. The zero-order valence-corrected chi connectivity index (χ0v) is 12.8. The molecule has 0 amide bonds. The molecule has 0 aliphatic heterocycles. The fraction of sp³-hybridized carbons (Fsp3) is 0.812. The molecule has 3 nitrogen and oxygen atoms in total. The molecular formula is C16H29N3. The second kappa shape index (κ2) is 7.09. The van der Waals surface area contributed by atoms with E-state index in [2.05, 4.69) is 41.9 Å². The number of aryl methyl sites for hydroxylation is 2. The van der Waals surface area contributed by atoms with Gasteiger partial charge in [-0.3, -0.25) is 4.68 Å². The number of hydrogen-bond donors (Lipinski definition) is 1. The number of nitrogens with zero attached hydrogens (tertiary/aromatic N) is 2. The Morgan fingerprint density at radius 2 is 2.00 bits per heavy atom. The molecule has 0 unspecified atom stereocenters. The Morgan fingerprint density at radius 3 is 2.63 bits per heavy atom. The molecule has 1 aliphatic rings. The van der Waals surface area contributed by atoms with Crippen molar-refractivity contribution in [2.45, 2.75) is 78.4 Å². The second-order valence-corrected chi connectivity index (χ2v) is 6.01. The predicted octanol–water partition coefficient (Wildman–Crippen LogP) is 3.66. The van der Waals surface area contributed by atoms with E-state index in [1.165, 1.54) is 44.2 Å². The lowest BCUT2D eigenvalue weighted by molar-refractivity contribution is 0.333.